The summed E-state index contributed by atoms with van der Waals surface area (Å²) in [5.41, 5.74) is 5.10. The summed E-state index contributed by atoms with van der Waals surface area (Å²) in [6.07, 6.45) is 3.29. The van der Waals surface area contributed by atoms with E-state index in [-0.39, 0.29) is 23.6 Å². The average molecular weight is 627 g/mol. The quantitative estimate of drug-likeness (QED) is 0.105. The van der Waals surface area contributed by atoms with Crippen LogP contribution in [0.2, 0.25) is 0 Å². The Kier molecular flexibility index (Phi) is 6.09. The van der Waals surface area contributed by atoms with Crippen LogP contribution < -0.4 is 9.80 Å². The molecule has 9 rings (SSSR count). The van der Waals surface area contributed by atoms with Gasteiger partial charge in [0, 0.05) is 33.0 Å². The van der Waals surface area contributed by atoms with E-state index >= 15 is 0 Å². The first-order valence-electron chi connectivity index (χ1n) is 16.6. The van der Waals surface area contributed by atoms with Crippen LogP contribution in [0, 0.1) is 0 Å². The first-order valence-corrected chi connectivity index (χ1v) is 16.6. The van der Waals surface area contributed by atoms with Crippen molar-refractivity contribution in [2.75, 3.05) is 9.80 Å². The second kappa shape index (κ2) is 10.3. The molecule has 2 aliphatic rings. The minimum Gasteiger partial charge on any atom is -0.268 e. The van der Waals surface area contributed by atoms with Gasteiger partial charge in [0.25, 0.3) is 23.6 Å². The molecule has 0 spiro atoms. The lowest BCUT2D eigenvalue weighted by atomic mass is 9.82. The van der Waals surface area contributed by atoms with Gasteiger partial charge < -0.3 is 0 Å². The number of hydrogen-bond acceptors (Lipinski definition) is 4. The van der Waals surface area contributed by atoms with Crippen LogP contribution in [0.5, 0.6) is 0 Å². The third kappa shape index (κ3) is 3.63. The Balaban J connectivity index is 1.28. The molecule has 232 valence electrons. The van der Waals surface area contributed by atoms with Gasteiger partial charge in [0.15, 0.2) is 0 Å². The molecule has 2 heterocycles. The lowest BCUT2D eigenvalue weighted by molar-refractivity contribution is 0.0877. The van der Waals surface area contributed by atoms with Gasteiger partial charge in [0.1, 0.15) is 0 Å². The number of carbonyl (C=O) groups is 4. The van der Waals surface area contributed by atoms with Crippen LogP contribution in [0.3, 0.4) is 0 Å². The molecule has 0 radical (unpaired) electrons. The third-order valence-corrected chi connectivity index (χ3v) is 10.1. The molecule has 48 heavy (non-hydrogen) atoms. The second-order valence-corrected chi connectivity index (χ2v) is 12.8. The van der Waals surface area contributed by atoms with Crippen LogP contribution in [0.15, 0.2) is 97.1 Å². The Hall–Kier alpha value is -5.88. The van der Waals surface area contributed by atoms with Crippen LogP contribution >= 0.6 is 0 Å². The standard InChI is InChI=1S/C42H30N2O4/c1-3-9-23-11-5-7-13-33(23)43-39(45)29-19-15-25-27-17-21-31-38-32(42(48)44(41(31)47)34-14-8-6-12-24(34)10-4-2)22-18-28(36(27)38)26-16-20-30(40(43)46)37(29)35(25)26/h5-8,11-22H,3-4,9-10H2,1-2H3. The number of anilines is 2. The van der Waals surface area contributed by atoms with Gasteiger partial charge in [-0.1, -0.05) is 87.4 Å². The number of para-hydroxylation sites is 2. The minimum atomic E-state index is -0.338. The molecule has 0 aliphatic carbocycles. The van der Waals surface area contributed by atoms with E-state index in [4.69, 9.17) is 0 Å². The SMILES string of the molecule is CCCc1ccccc1N1C(=O)c2ccc3c4ccc5c6c(ccc(c7ccc(c2c37)C1=O)c64)C(=O)N(c1ccccc1CCC)C5=O. The number of imide groups is 2. The zero-order chi connectivity index (χ0) is 32.8. The van der Waals surface area contributed by atoms with Crippen molar-refractivity contribution in [1.29, 1.82) is 0 Å². The Morgan fingerprint density at radius 1 is 0.396 bits per heavy atom. The van der Waals surface area contributed by atoms with E-state index in [2.05, 4.69) is 13.8 Å². The van der Waals surface area contributed by atoms with E-state index in [1.807, 2.05) is 97.1 Å². The number of benzene rings is 7. The van der Waals surface area contributed by atoms with Gasteiger partial charge in [-0.3, -0.25) is 19.2 Å². The molecular formula is C42H30N2O4. The van der Waals surface area contributed by atoms with Crippen molar-refractivity contribution in [3.05, 3.63) is 130 Å². The van der Waals surface area contributed by atoms with E-state index in [1.54, 1.807) is 0 Å². The van der Waals surface area contributed by atoms with Crippen LogP contribution in [0.25, 0.3) is 43.1 Å². The first-order chi connectivity index (χ1) is 23.4. The fourth-order valence-corrected chi connectivity index (χ4v) is 8.12. The Bertz CT molecular complexity index is 2280. The van der Waals surface area contributed by atoms with Gasteiger partial charge in [-0.05, 0) is 92.7 Å². The van der Waals surface area contributed by atoms with E-state index in [1.165, 1.54) is 9.80 Å². The smallest absolute Gasteiger partial charge is 0.265 e. The van der Waals surface area contributed by atoms with Crippen molar-refractivity contribution in [2.45, 2.75) is 39.5 Å². The van der Waals surface area contributed by atoms with Gasteiger partial charge in [0.2, 0.25) is 0 Å². The van der Waals surface area contributed by atoms with E-state index in [0.29, 0.717) is 44.4 Å². The maximum Gasteiger partial charge on any atom is 0.265 e. The monoisotopic (exact) mass is 626 g/mol. The largest absolute Gasteiger partial charge is 0.268 e. The lowest BCUT2D eigenvalue weighted by Gasteiger charge is -2.31. The highest BCUT2D eigenvalue weighted by molar-refractivity contribution is 6.45. The van der Waals surface area contributed by atoms with Gasteiger partial charge in [-0.25, -0.2) is 9.80 Å². The molecule has 0 fully saturated rings. The predicted molar refractivity (Wildman–Crippen MR) is 191 cm³/mol. The number of fused-ring (bicyclic) bond motifs is 2. The summed E-state index contributed by atoms with van der Waals surface area (Å²) in [5, 5.41) is 6.47. The van der Waals surface area contributed by atoms with Gasteiger partial charge in [-0.15, -0.1) is 0 Å². The molecular weight excluding hydrogens is 596 g/mol. The molecule has 4 amide bonds. The molecule has 0 aromatic heterocycles. The average Bonchev–Trinajstić information content (AvgIpc) is 3.10. The molecule has 7 aromatic rings. The number of nitrogens with zero attached hydrogens (tertiary/aromatic N) is 2. The lowest BCUT2D eigenvalue weighted by Crippen LogP contribution is -2.41. The Labute approximate surface area is 276 Å². The normalized spacial score (nSPS) is 14.5. The Morgan fingerprint density at radius 3 is 1.02 bits per heavy atom. The molecule has 0 unspecified atom stereocenters. The van der Waals surface area contributed by atoms with Gasteiger partial charge >= 0.3 is 0 Å². The van der Waals surface area contributed by atoms with Crippen molar-refractivity contribution < 1.29 is 19.2 Å². The van der Waals surface area contributed by atoms with Crippen molar-refractivity contribution in [1.82, 2.24) is 0 Å². The summed E-state index contributed by atoms with van der Waals surface area (Å²) in [4.78, 5) is 59.4. The van der Waals surface area contributed by atoms with E-state index in [9.17, 15) is 19.2 Å². The fraction of sp³-hybridized carbons (Fsp3) is 0.143. The Morgan fingerprint density at radius 2 is 0.708 bits per heavy atom. The van der Waals surface area contributed by atoms with Gasteiger partial charge in [-0.2, -0.15) is 0 Å². The highest BCUT2D eigenvalue weighted by atomic mass is 16.2. The van der Waals surface area contributed by atoms with E-state index in [0.717, 1.165) is 69.1 Å². The zero-order valence-corrected chi connectivity index (χ0v) is 26.6. The molecule has 7 aromatic carbocycles. The maximum atomic E-state index is 14.2. The molecule has 2 aliphatic heterocycles. The highest BCUT2D eigenvalue weighted by Gasteiger charge is 2.38. The van der Waals surface area contributed by atoms with Crippen LogP contribution in [0.1, 0.15) is 79.2 Å². The van der Waals surface area contributed by atoms with Gasteiger partial charge in [0.05, 0.1) is 11.4 Å². The number of aryl methyl sites for hydroxylation is 2. The van der Waals surface area contributed by atoms with E-state index < -0.39 is 0 Å². The fourth-order valence-electron chi connectivity index (χ4n) is 8.12. The molecule has 0 N–H and O–H groups in total. The van der Waals surface area contributed by atoms with Crippen LogP contribution in [-0.2, 0) is 12.8 Å². The molecule has 6 heteroatoms. The van der Waals surface area contributed by atoms with Crippen LogP contribution in [0.4, 0.5) is 11.4 Å². The second-order valence-electron chi connectivity index (χ2n) is 12.8. The summed E-state index contributed by atoms with van der Waals surface area (Å²) < 4.78 is 0. The maximum absolute atomic E-state index is 14.2. The summed E-state index contributed by atoms with van der Waals surface area (Å²) in [6.45, 7) is 4.16. The predicted octanol–water partition coefficient (Wildman–Crippen LogP) is 9.24. The van der Waals surface area contributed by atoms with Crippen molar-refractivity contribution in [3.8, 4) is 0 Å². The van der Waals surface area contributed by atoms with Crippen molar-refractivity contribution >= 4 is 78.1 Å². The van der Waals surface area contributed by atoms with Crippen molar-refractivity contribution in [3.63, 3.8) is 0 Å². The first kappa shape index (κ1) is 28.4. The molecule has 0 bridgehead atoms. The van der Waals surface area contributed by atoms with Crippen molar-refractivity contribution in [2.24, 2.45) is 0 Å². The zero-order valence-electron chi connectivity index (χ0n) is 26.6. The number of carbonyl (C=O) groups excluding carboxylic acids is 4. The molecule has 0 saturated heterocycles. The summed E-state index contributed by atoms with van der Waals surface area (Å²) in [5.74, 6) is -1.35. The van der Waals surface area contributed by atoms with Crippen LogP contribution in [-0.4, -0.2) is 23.6 Å². The molecule has 0 atom stereocenters. The number of hydrogen-bond donors (Lipinski definition) is 0. The number of amides is 4. The summed E-state index contributed by atoms with van der Waals surface area (Å²) in [6, 6.07) is 30.3. The molecule has 0 saturated carbocycles. The number of rotatable bonds is 6. The highest BCUT2D eigenvalue weighted by Crippen LogP contribution is 2.47. The molecule has 6 nitrogen and oxygen atoms in total. The summed E-state index contributed by atoms with van der Waals surface area (Å²) >= 11 is 0. The third-order valence-electron chi connectivity index (χ3n) is 10.1. The topological polar surface area (TPSA) is 74.8 Å². The summed E-state index contributed by atoms with van der Waals surface area (Å²) in [7, 11) is 0. The minimum absolute atomic E-state index is 0.338.